The van der Waals surface area contributed by atoms with Crippen molar-refractivity contribution in [3.05, 3.63) is 35.9 Å². The molecular formula is C13H15NO4. The summed E-state index contributed by atoms with van der Waals surface area (Å²) in [6.07, 6.45) is -0.436. The van der Waals surface area contributed by atoms with Gasteiger partial charge in [-0.3, -0.25) is 14.4 Å². The van der Waals surface area contributed by atoms with Gasteiger partial charge >= 0.3 is 5.97 Å². The van der Waals surface area contributed by atoms with Crippen LogP contribution in [0, 0.1) is 0 Å². The highest BCUT2D eigenvalue weighted by atomic mass is 16.4. The van der Waals surface area contributed by atoms with E-state index >= 15 is 0 Å². The lowest BCUT2D eigenvalue weighted by Gasteiger charge is -2.16. The van der Waals surface area contributed by atoms with E-state index in [9.17, 15) is 14.4 Å². The van der Waals surface area contributed by atoms with Crippen LogP contribution in [-0.4, -0.2) is 41.3 Å². The summed E-state index contributed by atoms with van der Waals surface area (Å²) in [7, 11) is 1.59. The number of aliphatic carboxylic acids is 1. The number of Topliss-reactive ketones (excluding diaryl/α,β-unsaturated/α-hetero) is 1. The Kier molecular flexibility index (Phi) is 5.05. The minimum absolute atomic E-state index is 0.0569. The number of ketones is 1. The first-order chi connectivity index (χ1) is 8.50. The number of hydrogen-bond acceptors (Lipinski definition) is 3. The number of hydrogen-bond donors (Lipinski definition) is 1. The van der Waals surface area contributed by atoms with Crippen molar-refractivity contribution in [3.8, 4) is 0 Å². The number of benzene rings is 1. The SMILES string of the molecule is CN(CCC(=O)CC(=O)O)C(=O)c1ccccc1. The van der Waals surface area contributed by atoms with Gasteiger partial charge in [-0.2, -0.15) is 0 Å². The van der Waals surface area contributed by atoms with Gasteiger partial charge in [-0.1, -0.05) is 18.2 Å². The smallest absolute Gasteiger partial charge is 0.310 e. The first-order valence-electron chi connectivity index (χ1n) is 5.54. The zero-order chi connectivity index (χ0) is 13.5. The largest absolute Gasteiger partial charge is 0.481 e. The van der Waals surface area contributed by atoms with Gasteiger partial charge in [0.25, 0.3) is 5.91 Å². The third kappa shape index (κ3) is 4.37. The quantitative estimate of drug-likeness (QED) is 0.768. The van der Waals surface area contributed by atoms with Gasteiger partial charge < -0.3 is 10.0 Å². The molecule has 1 rings (SSSR count). The van der Waals surface area contributed by atoms with Crippen LogP contribution in [0.1, 0.15) is 23.2 Å². The lowest BCUT2D eigenvalue weighted by atomic mass is 10.2. The van der Waals surface area contributed by atoms with E-state index < -0.39 is 12.4 Å². The Labute approximate surface area is 105 Å². The summed E-state index contributed by atoms with van der Waals surface area (Å²) < 4.78 is 0. The molecule has 0 unspecified atom stereocenters. The van der Waals surface area contributed by atoms with Crippen molar-refractivity contribution in [2.45, 2.75) is 12.8 Å². The molecule has 1 aromatic carbocycles. The summed E-state index contributed by atoms with van der Waals surface area (Å²) in [5.74, 6) is -1.70. The number of nitrogens with zero attached hydrogens (tertiary/aromatic N) is 1. The van der Waals surface area contributed by atoms with Gasteiger partial charge in [0, 0.05) is 25.6 Å². The van der Waals surface area contributed by atoms with E-state index in [-0.39, 0.29) is 24.7 Å². The predicted molar refractivity (Wildman–Crippen MR) is 65.3 cm³/mol. The van der Waals surface area contributed by atoms with E-state index in [1.54, 1.807) is 31.3 Å². The van der Waals surface area contributed by atoms with Gasteiger partial charge in [0.05, 0.1) is 0 Å². The van der Waals surface area contributed by atoms with Gasteiger partial charge in [0.15, 0.2) is 0 Å². The summed E-state index contributed by atoms with van der Waals surface area (Å²) in [6, 6.07) is 8.72. The highest BCUT2D eigenvalue weighted by molar-refractivity contribution is 5.96. The van der Waals surface area contributed by atoms with Gasteiger partial charge in [0.1, 0.15) is 12.2 Å². The maximum atomic E-state index is 11.9. The van der Waals surface area contributed by atoms with Gasteiger partial charge in [-0.25, -0.2) is 0 Å². The molecule has 1 N–H and O–H groups in total. The fourth-order valence-corrected chi connectivity index (χ4v) is 1.45. The van der Waals surface area contributed by atoms with E-state index in [1.807, 2.05) is 6.07 Å². The summed E-state index contributed by atoms with van der Waals surface area (Å²) in [5, 5.41) is 8.43. The van der Waals surface area contributed by atoms with Crippen LogP contribution < -0.4 is 0 Å². The van der Waals surface area contributed by atoms with Crippen LogP contribution in [0.3, 0.4) is 0 Å². The van der Waals surface area contributed by atoms with E-state index in [0.717, 1.165) is 0 Å². The molecule has 0 atom stereocenters. The molecule has 96 valence electrons. The summed E-state index contributed by atoms with van der Waals surface area (Å²) in [4.78, 5) is 34.8. The van der Waals surface area contributed by atoms with Crippen LogP contribution in [0.2, 0.25) is 0 Å². The number of amides is 1. The zero-order valence-corrected chi connectivity index (χ0v) is 10.1. The van der Waals surface area contributed by atoms with E-state index in [2.05, 4.69) is 0 Å². The summed E-state index contributed by atoms with van der Waals surface area (Å²) >= 11 is 0. The minimum atomic E-state index is -1.14. The van der Waals surface area contributed by atoms with Crippen LogP contribution in [-0.2, 0) is 9.59 Å². The average Bonchev–Trinajstić information content (AvgIpc) is 2.35. The van der Waals surface area contributed by atoms with Crippen molar-refractivity contribution in [2.24, 2.45) is 0 Å². The maximum Gasteiger partial charge on any atom is 0.310 e. The molecule has 5 nitrogen and oxygen atoms in total. The van der Waals surface area contributed by atoms with Crippen molar-refractivity contribution in [1.29, 1.82) is 0 Å². The van der Waals surface area contributed by atoms with E-state index in [1.165, 1.54) is 4.90 Å². The maximum absolute atomic E-state index is 11.9. The van der Waals surface area contributed by atoms with Crippen molar-refractivity contribution in [1.82, 2.24) is 4.90 Å². The molecular weight excluding hydrogens is 234 g/mol. The molecule has 1 aromatic rings. The van der Waals surface area contributed by atoms with Crippen LogP contribution in [0.15, 0.2) is 30.3 Å². The molecule has 18 heavy (non-hydrogen) atoms. The second-order valence-electron chi connectivity index (χ2n) is 3.95. The molecule has 0 aliphatic heterocycles. The second kappa shape index (κ2) is 6.54. The number of carboxylic acids is 1. The van der Waals surface area contributed by atoms with Gasteiger partial charge in [-0.15, -0.1) is 0 Å². The molecule has 0 radical (unpaired) electrons. The summed E-state index contributed by atoms with van der Waals surface area (Å²) in [5.41, 5.74) is 0.547. The lowest BCUT2D eigenvalue weighted by molar-refractivity contribution is -0.140. The highest BCUT2D eigenvalue weighted by Gasteiger charge is 2.13. The lowest BCUT2D eigenvalue weighted by Crippen LogP contribution is -2.29. The van der Waals surface area contributed by atoms with E-state index in [4.69, 9.17) is 5.11 Å². The Morgan fingerprint density at radius 1 is 1.17 bits per heavy atom. The molecule has 1 amide bonds. The van der Waals surface area contributed by atoms with Gasteiger partial charge in [0.2, 0.25) is 0 Å². The van der Waals surface area contributed by atoms with Crippen LogP contribution in [0.5, 0.6) is 0 Å². The molecule has 0 saturated heterocycles. The molecule has 0 aliphatic carbocycles. The molecule has 0 saturated carbocycles. The van der Waals surface area contributed by atoms with Crippen LogP contribution in [0.25, 0.3) is 0 Å². The Balaban J connectivity index is 2.46. The molecule has 0 aliphatic rings. The second-order valence-corrected chi connectivity index (χ2v) is 3.95. The van der Waals surface area contributed by atoms with Crippen molar-refractivity contribution in [2.75, 3.05) is 13.6 Å². The first kappa shape index (κ1) is 13.9. The van der Waals surface area contributed by atoms with E-state index in [0.29, 0.717) is 5.56 Å². The number of carbonyl (C=O) groups is 3. The van der Waals surface area contributed by atoms with Gasteiger partial charge in [-0.05, 0) is 12.1 Å². The first-order valence-corrected chi connectivity index (χ1v) is 5.54. The topological polar surface area (TPSA) is 74.7 Å². The van der Waals surface area contributed by atoms with Crippen LogP contribution >= 0.6 is 0 Å². The third-order valence-electron chi connectivity index (χ3n) is 2.44. The van der Waals surface area contributed by atoms with Crippen molar-refractivity contribution >= 4 is 17.7 Å². The van der Waals surface area contributed by atoms with Crippen molar-refractivity contribution in [3.63, 3.8) is 0 Å². The number of carboxylic acid groups (broad SMARTS) is 1. The zero-order valence-electron chi connectivity index (χ0n) is 10.1. The number of carbonyl (C=O) groups excluding carboxylic acids is 2. The Hall–Kier alpha value is -2.17. The standard InChI is InChI=1S/C13H15NO4/c1-14(8-7-11(15)9-12(16)17)13(18)10-5-3-2-4-6-10/h2-6H,7-9H2,1H3,(H,16,17). The monoisotopic (exact) mass is 249 g/mol. The third-order valence-corrected chi connectivity index (χ3v) is 2.44. The normalized spacial score (nSPS) is 9.83. The Morgan fingerprint density at radius 3 is 2.33 bits per heavy atom. The fourth-order valence-electron chi connectivity index (χ4n) is 1.45. The predicted octanol–water partition coefficient (Wildman–Crippen LogP) is 1.19. The highest BCUT2D eigenvalue weighted by Crippen LogP contribution is 2.04. The fraction of sp³-hybridized carbons (Fsp3) is 0.308. The molecule has 0 spiro atoms. The molecule has 5 heteroatoms. The average molecular weight is 249 g/mol. The van der Waals surface area contributed by atoms with Crippen LogP contribution in [0.4, 0.5) is 0 Å². The molecule has 0 aromatic heterocycles. The Morgan fingerprint density at radius 2 is 1.78 bits per heavy atom. The minimum Gasteiger partial charge on any atom is -0.481 e. The Bertz CT molecular complexity index is 442. The van der Waals surface area contributed by atoms with Crippen molar-refractivity contribution < 1.29 is 19.5 Å². The molecule has 0 fully saturated rings. The molecule has 0 heterocycles. The molecule has 0 bridgehead atoms. The summed E-state index contributed by atoms with van der Waals surface area (Å²) in [6.45, 7) is 0.222. The number of rotatable bonds is 6.